The maximum atomic E-state index is 12.7. The molecular weight excluding hydrogens is 342 g/mol. The Kier molecular flexibility index (Phi) is 5.73. The van der Waals surface area contributed by atoms with Gasteiger partial charge < -0.3 is 9.64 Å². The molecule has 1 aliphatic carbocycles. The number of nitrogens with zero attached hydrogens (tertiary/aromatic N) is 1. The average Bonchev–Trinajstić information content (AvgIpc) is 2.40. The van der Waals surface area contributed by atoms with Gasteiger partial charge in [-0.15, -0.1) is 11.6 Å². The average molecular weight is 361 g/mol. The lowest BCUT2D eigenvalue weighted by Gasteiger charge is -2.37. The topological polar surface area (TPSA) is 29.5 Å². The van der Waals surface area contributed by atoms with E-state index in [9.17, 15) is 4.79 Å². The molecule has 0 aliphatic heterocycles. The molecule has 20 heavy (non-hydrogen) atoms. The number of methoxy groups -OCH3 is 1. The second-order valence-electron chi connectivity index (χ2n) is 4.98. The van der Waals surface area contributed by atoms with Crippen molar-refractivity contribution >= 4 is 33.4 Å². The zero-order chi connectivity index (χ0) is 14.5. The Bertz CT molecular complexity index is 477. The van der Waals surface area contributed by atoms with E-state index in [0.29, 0.717) is 17.5 Å². The van der Waals surface area contributed by atoms with E-state index in [1.807, 2.05) is 23.1 Å². The summed E-state index contributed by atoms with van der Waals surface area (Å²) in [6.45, 7) is 0.733. The summed E-state index contributed by atoms with van der Waals surface area (Å²) in [5.41, 5.74) is 0.694. The highest BCUT2D eigenvalue weighted by Crippen LogP contribution is 2.29. The van der Waals surface area contributed by atoms with Gasteiger partial charge in [-0.2, -0.15) is 0 Å². The number of carbonyl (C=O) groups is 1. The molecule has 0 atom stereocenters. The van der Waals surface area contributed by atoms with Crippen LogP contribution in [0, 0.1) is 0 Å². The van der Waals surface area contributed by atoms with E-state index in [1.165, 1.54) is 6.42 Å². The molecule has 0 heterocycles. The van der Waals surface area contributed by atoms with E-state index in [0.717, 1.165) is 36.0 Å². The monoisotopic (exact) mass is 359 g/mol. The maximum absolute atomic E-state index is 12.7. The van der Waals surface area contributed by atoms with Crippen molar-refractivity contribution in [2.45, 2.75) is 31.7 Å². The molecule has 0 bridgehead atoms. The van der Waals surface area contributed by atoms with Gasteiger partial charge in [-0.1, -0.05) is 0 Å². The van der Waals surface area contributed by atoms with Gasteiger partial charge in [-0.3, -0.25) is 4.79 Å². The fourth-order valence-electron chi connectivity index (χ4n) is 2.34. The van der Waals surface area contributed by atoms with Gasteiger partial charge in [0.05, 0.1) is 11.6 Å². The van der Waals surface area contributed by atoms with Crippen LogP contribution in [-0.2, 0) is 0 Å². The number of carbonyl (C=O) groups excluding carboxylic acids is 1. The molecule has 0 spiro atoms. The summed E-state index contributed by atoms with van der Waals surface area (Å²) in [4.78, 5) is 14.6. The first-order valence-corrected chi connectivity index (χ1v) is 8.20. The third-order valence-corrected chi connectivity index (χ3v) is 4.59. The summed E-state index contributed by atoms with van der Waals surface area (Å²) in [5.74, 6) is 1.41. The molecule has 110 valence electrons. The number of halogens is 2. The molecule has 5 heteroatoms. The predicted molar refractivity (Wildman–Crippen MR) is 84.7 cm³/mol. The minimum absolute atomic E-state index is 0.0863. The second-order valence-corrected chi connectivity index (χ2v) is 6.21. The minimum Gasteiger partial charge on any atom is -0.496 e. The highest BCUT2D eigenvalue weighted by Gasteiger charge is 2.29. The first kappa shape index (κ1) is 15.6. The van der Waals surface area contributed by atoms with E-state index in [4.69, 9.17) is 16.3 Å². The third kappa shape index (κ3) is 3.47. The minimum atomic E-state index is 0.0863. The molecule has 0 N–H and O–H groups in total. The number of hydrogen-bond donors (Lipinski definition) is 0. The van der Waals surface area contributed by atoms with E-state index < -0.39 is 0 Å². The van der Waals surface area contributed by atoms with Crippen molar-refractivity contribution in [2.75, 3.05) is 19.5 Å². The van der Waals surface area contributed by atoms with Crippen LogP contribution in [0.1, 0.15) is 36.0 Å². The Morgan fingerprint density at radius 2 is 2.25 bits per heavy atom. The molecule has 3 nitrogen and oxygen atoms in total. The highest BCUT2D eigenvalue weighted by molar-refractivity contribution is 9.10. The third-order valence-electron chi connectivity index (χ3n) is 3.71. The molecule has 1 aromatic carbocycles. The van der Waals surface area contributed by atoms with Crippen LogP contribution in [0.2, 0.25) is 0 Å². The van der Waals surface area contributed by atoms with Crippen LogP contribution in [0.25, 0.3) is 0 Å². The first-order valence-electron chi connectivity index (χ1n) is 6.88. The van der Waals surface area contributed by atoms with Gasteiger partial charge in [0, 0.05) is 24.0 Å². The summed E-state index contributed by atoms with van der Waals surface area (Å²) < 4.78 is 6.00. The zero-order valence-electron chi connectivity index (χ0n) is 11.6. The maximum Gasteiger partial charge on any atom is 0.254 e. The van der Waals surface area contributed by atoms with Crippen LogP contribution >= 0.6 is 27.5 Å². The molecule has 0 aromatic heterocycles. The van der Waals surface area contributed by atoms with Crippen LogP contribution in [0.5, 0.6) is 5.75 Å². The largest absolute Gasteiger partial charge is 0.496 e. The summed E-state index contributed by atoms with van der Waals surface area (Å²) >= 11 is 9.19. The number of benzene rings is 1. The Hall–Kier alpha value is -0.740. The van der Waals surface area contributed by atoms with Crippen LogP contribution < -0.4 is 4.74 Å². The quantitative estimate of drug-likeness (QED) is 0.715. The van der Waals surface area contributed by atoms with Crippen molar-refractivity contribution in [2.24, 2.45) is 0 Å². The Balaban J connectivity index is 2.15. The highest BCUT2D eigenvalue weighted by atomic mass is 79.9. The van der Waals surface area contributed by atoms with Crippen LogP contribution in [0.4, 0.5) is 0 Å². The fourth-order valence-corrected chi connectivity index (χ4v) is 3.00. The molecule has 1 fully saturated rings. The van der Waals surface area contributed by atoms with E-state index >= 15 is 0 Å². The van der Waals surface area contributed by atoms with Gasteiger partial charge in [0.25, 0.3) is 5.91 Å². The van der Waals surface area contributed by atoms with Crippen molar-refractivity contribution in [3.05, 3.63) is 28.2 Å². The van der Waals surface area contributed by atoms with Crippen molar-refractivity contribution in [3.63, 3.8) is 0 Å². The molecule has 0 saturated heterocycles. The van der Waals surface area contributed by atoms with E-state index in [1.54, 1.807) is 7.11 Å². The smallest absolute Gasteiger partial charge is 0.254 e. The van der Waals surface area contributed by atoms with Crippen molar-refractivity contribution in [3.8, 4) is 5.75 Å². The molecule has 1 aliphatic rings. The van der Waals surface area contributed by atoms with Crippen LogP contribution in [0.3, 0.4) is 0 Å². The Morgan fingerprint density at radius 1 is 1.50 bits per heavy atom. The molecule has 0 radical (unpaired) electrons. The molecule has 1 saturated carbocycles. The molecule has 1 aromatic rings. The number of ether oxygens (including phenoxy) is 1. The lowest BCUT2D eigenvalue weighted by atomic mass is 9.91. The summed E-state index contributed by atoms with van der Waals surface area (Å²) in [5, 5.41) is 0. The lowest BCUT2D eigenvalue weighted by Crippen LogP contribution is -2.44. The second kappa shape index (κ2) is 7.32. The van der Waals surface area contributed by atoms with Crippen LogP contribution in [0.15, 0.2) is 22.7 Å². The predicted octanol–water partition coefficient (Wildman–Crippen LogP) is 4.08. The normalized spacial score (nSPS) is 14.8. The standard InChI is InChI=1S/C15H19BrClNO2/c1-20-14-7-6-11(10-13(14)16)15(19)18(9-3-8-17)12-4-2-5-12/h6-7,10,12H,2-5,8-9H2,1H3. The number of hydrogen-bond acceptors (Lipinski definition) is 2. The van der Waals surface area contributed by atoms with Crippen molar-refractivity contribution in [1.82, 2.24) is 4.90 Å². The molecule has 0 unspecified atom stereocenters. The number of alkyl halides is 1. The Labute approximate surface area is 133 Å². The zero-order valence-corrected chi connectivity index (χ0v) is 13.9. The number of amides is 1. The van der Waals surface area contributed by atoms with Crippen molar-refractivity contribution < 1.29 is 9.53 Å². The molecular formula is C15H19BrClNO2. The van der Waals surface area contributed by atoms with E-state index in [2.05, 4.69) is 15.9 Å². The SMILES string of the molecule is COc1ccc(C(=O)N(CCCCl)C2CCC2)cc1Br. The van der Waals surface area contributed by atoms with E-state index in [-0.39, 0.29) is 5.91 Å². The number of rotatable bonds is 6. The summed E-state index contributed by atoms with van der Waals surface area (Å²) in [6, 6.07) is 5.84. The van der Waals surface area contributed by atoms with Gasteiger partial charge in [0.1, 0.15) is 5.75 Å². The summed E-state index contributed by atoms with van der Waals surface area (Å²) in [6.07, 6.45) is 4.25. The fraction of sp³-hybridized carbons (Fsp3) is 0.533. The van der Waals surface area contributed by atoms with Crippen LogP contribution in [-0.4, -0.2) is 36.4 Å². The molecule has 2 rings (SSSR count). The molecule has 1 amide bonds. The van der Waals surface area contributed by atoms with Gasteiger partial charge >= 0.3 is 0 Å². The lowest BCUT2D eigenvalue weighted by molar-refractivity contribution is 0.0580. The van der Waals surface area contributed by atoms with Gasteiger partial charge in [-0.05, 0) is 59.8 Å². The Morgan fingerprint density at radius 3 is 2.75 bits per heavy atom. The van der Waals surface area contributed by atoms with Gasteiger partial charge in [0.15, 0.2) is 0 Å². The summed E-state index contributed by atoms with van der Waals surface area (Å²) in [7, 11) is 1.61. The van der Waals surface area contributed by atoms with Gasteiger partial charge in [-0.25, -0.2) is 0 Å². The van der Waals surface area contributed by atoms with Crippen molar-refractivity contribution in [1.29, 1.82) is 0 Å². The van der Waals surface area contributed by atoms with Gasteiger partial charge in [0.2, 0.25) is 0 Å². The first-order chi connectivity index (χ1) is 9.67.